The number of nitrogens with zero attached hydrogens (tertiary/aromatic N) is 1. The van der Waals surface area contributed by atoms with Crippen molar-refractivity contribution in [3.63, 3.8) is 0 Å². The fourth-order valence-corrected chi connectivity index (χ4v) is 4.64. The summed E-state index contributed by atoms with van der Waals surface area (Å²) in [6.45, 7) is 2.90. The highest BCUT2D eigenvalue weighted by Crippen LogP contribution is 2.40. The number of aromatic amines is 1. The molecule has 1 atom stereocenters. The smallest absolute Gasteiger partial charge is 0.322 e. The first kappa shape index (κ1) is 21.8. The average molecular weight is 460 g/mol. The quantitative estimate of drug-likeness (QED) is 0.391. The average Bonchev–Trinajstić information content (AvgIpc) is 3.23. The molecule has 2 heterocycles. The minimum atomic E-state index is -0.401. The van der Waals surface area contributed by atoms with E-state index in [1.807, 2.05) is 49.4 Å². The summed E-state index contributed by atoms with van der Waals surface area (Å²) in [6.07, 6.45) is 0.681. The Balaban J connectivity index is 1.56. The van der Waals surface area contributed by atoms with Gasteiger partial charge in [-0.05, 0) is 66.9 Å². The number of urea groups is 1. The maximum Gasteiger partial charge on any atom is 0.322 e. The van der Waals surface area contributed by atoms with Crippen LogP contribution in [0.5, 0.6) is 11.5 Å². The van der Waals surface area contributed by atoms with Gasteiger partial charge in [-0.2, -0.15) is 0 Å². The molecule has 0 fully saturated rings. The number of hydrogen-bond acceptors (Lipinski definition) is 3. The zero-order chi connectivity index (χ0) is 23.7. The Labute approximate surface area is 197 Å². The van der Waals surface area contributed by atoms with Crippen molar-refractivity contribution >= 4 is 22.6 Å². The highest BCUT2D eigenvalue weighted by atomic mass is 19.1. The Morgan fingerprint density at radius 1 is 1.15 bits per heavy atom. The number of carbonyl (C=O) groups excluding carboxylic acids is 1. The van der Waals surface area contributed by atoms with Crippen LogP contribution in [-0.4, -0.2) is 36.2 Å². The number of carbonyl (C=O) groups is 1. The summed E-state index contributed by atoms with van der Waals surface area (Å²) in [7, 11) is 1.65. The van der Waals surface area contributed by atoms with Gasteiger partial charge in [-0.25, -0.2) is 9.18 Å². The number of para-hydroxylation sites is 2. The van der Waals surface area contributed by atoms with Gasteiger partial charge in [0.25, 0.3) is 0 Å². The van der Waals surface area contributed by atoms with Crippen molar-refractivity contribution < 1.29 is 18.7 Å². The second-order valence-corrected chi connectivity index (χ2v) is 8.19. The van der Waals surface area contributed by atoms with Crippen LogP contribution in [0.25, 0.3) is 10.9 Å². The number of H-pyrrole nitrogens is 1. The highest BCUT2D eigenvalue weighted by molar-refractivity contribution is 5.93. The van der Waals surface area contributed by atoms with Gasteiger partial charge in [0.2, 0.25) is 0 Å². The van der Waals surface area contributed by atoms with Crippen molar-refractivity contribution in [2.24, 2.45) is 0 Å². The van der Waals surface area contributed by atoms with Crippen LogP contribution in [0.4, 0.5) is 14.9 Å². The molecular formula is C27H26FN3O3. The van der Waals surface area contributed by atoms with E-state index in [9.17, 15) is 9.18 Å². The lowest BCUT2D eigenvalue weighted by Crippen LogP contribution is -2.43. The first-order valence-corrected chi connectivity index (χ1v) is 11.3. The molecular weight excluding hydrogens is 433 g/mol. The van der Waals surface area contributed by atoms with E-state index >= 15 is 0 Å². The normalized spacial score (nSPS) is 15.1. The summed E-state index contributed by atoms with van der Waals surface area (Å²) in [5.74, 6) is 1.08. The van der Waals surface area contributed by atoms with Gasteiger partial charge in [-0.3, -0.25) is 0 Å². The van der Waals surface area contributed by atoms with Crippen molar-refractivity contribution in [2.45, 2.75) is 19.4 Å². The summed E-state index contributed by atoms with van der Waals surface area (Å²) in [5, 5.41) is 4.09. The molecule has 0 bridgehead atoms. The molecule has 1 aliphatic rings. The van der Waals surface area contributed by atoms with E-state index in [4.69, 9.17) is 9.47 Å². The molecule has 7 heteroatoms. The molecule has 1 aliphatic heterocycles. The third-order valence-corrected chi connectivity index (χ3v) is 6.21. The third-order valence-electron chi connectivity index (χ3n) is 6.21. The van der Waals surface area contributed by atoms with Crippen molar-refractivity contribution in [1.29, 1.82) is 0 Å². The minimum absolute atomic E-state index is 0.247. The zero-order valence-electron chi connectivity index (χ0n) is 19.1. The van der Waals surface area contributed by atoms with E-state index in [1.165, 1.54) is 12.1 Å². The Bertz CT molecular complexity index is 1330. The second-order valence-electron chi connectivity index (χ2n) is 8.19. The van der Waals surface area contributed by atoms with Crippen LogP contribution >= 0.6 is 0 Å². The SMILES string of the molecule is CCOc1ccccc1NC(=O)N1CCc2c([nH]c3ccc(OC)cc23)[C@@H]1c1ccc(F)cc1. The number of halogens is 1. The Kier molecular flexibility index (Phi) is 5.84. The molecule has 4 aromatic rings. The Morgan fingerprint density at radius 3 is 2.71 bits per heavy atom. The Hall–Kier alpha value is -4.00. The van der Waals surface area contributed by atoms with Crippen molar-refractivity contribution in [1.82, 2.24) is 9.88 Å². The lowest BCUT2D eigenvalue weighted by molar-refractivity contribution is 0.193. The van der Waals surface area contributed by atoms with Crippen molar-refractivity contribution in [3.8, 4) is 11.5 Å². The standard InChI is InChI=1S/C27H26FN3O3/c1-3-34-24-7-5-4-6-23(24)30-27(32)31-15-14-20-21-16-19(33-2)12-13-22(21)29-25(20)26(31)17-8-10-18(28)11-9-17/h4-13,16,26,29H,3,14-15H2,1-2H3,(H,30,32)/t26-/m0/s1. The van der Waals surface area contributed by atoms with E-state index in [1.54, 1.807) is 24.1 Å². The van der Waals surface area contributed by atoms with Crippen LogP contribution in [-0.2, 0) is 6.42 Å². The van der Waals surface area contributed by atoms with E-state index in [0.717, 1.165) is 33.5 Å². The number of methoxy groups -OCH3 is 1. The van der Waals surface area contributed by atoms with Gasteiger partial charge in [0.1, 0.15) is 17.3 Å². The summed E-state index contributed by atoms with van der Waals surface area (Å²) in [4.78, 5) is 18.8. The predicted molar refractivity (Wildman–Crippen MR) is 130 cm³/mol. The van der Waals surface area contributed by atoms with Crippen LogP contribution < -0.4 is 14.8 Å². The minimum Gasteiger partial charge on any atom is -0.497 e. The number of aromatic nitrogens is 1. The summed E-state index contributed by atoms with van der Waals surface area (Å²) in [5.41, 5.74) is 4.48. The number of anilines is 1. The first-order valence-electron chi connectivity index (χ1n) is 11.3. The fourth-order valence-electron chi connectivity index (χ4n) is 4.64. The molecule has 0 aliphatic carbocycles. The number of fused-ring (bicyclic) bond motifs is 3. The maximum atomic E-state index is 13.7. The van der Waals surface area contributed by atoms with Crippen LogP contribution in [0.1, 0.15) is 29.8 Å². The molecule has 34 heavy (non-hydrogen) atoms. The lowest BCUT2D eigenvalue weighted by Gasteiger charge is -2.36. The van der Waals surface area contributed by atoms with Gasteiger partial charge < -0.3 is 24.7 Å². The number of rotatable bonds is 5. The molecule has 2 N–H and O–H groups in total. The third kappa shape index (κ3) is 3.94. The number of benzene rings is 3. The highest BCUT2D eigenvalue weighted by Gasteiger charge is 2.35. The van der Waals surface area contributed by atoms with Gasteiger partial charge in [-0.15, -0.1) is 0 Å². The van der Waals surface area contributed by atoms with Gasteiger partial charge in [0, 0.05) is 23.1 Å². The number of amides is 2. The van der Waals surface area contributed by atoms with E-state index in [2.05, 4.69) is 10.3 Å². The number of nitrogens with one attached hydrogen (secondary N) is 2. The summed E-state index contributed by atoms with van der Waals surface area (Å²) >= 11 is 0. The first-order chi connectivity index (χ1) is 16.6. The molecule has 0 unspecified atom stereocenters. The van der Waals surface area contributed by atoms with Crippen molar-refractivity contribution in [3.05, 3.63) is 89.4 Å². The molecule has 0 spiro atoms. The number of hydrogen-bond donors (Lipinski definition) is 2. The summed E-state index contributed by atoms with van der Waals surface area (Å²) in [6, 6.07) is 18.9. The molecule has 0 radical (unpaired) electrons. The second kappa shape index (κ2) is 9.09. The van der Waals surface area contributed by atoms with Crippen molar-refractivity contribution in [2.75, 3.05) is 25.6 Å². The zero-order valence-corrected chi connectivity index (χ0v) is 19.1. The van der Waals surface area contributed by atoms with E-state index in [0.29, 0.717) is 31.0 Å². The molecule has 1 aromatic heterocycles. The van der Waals surface area contributed by atoms with Crippen LogP contribution in [0, 0.1) is 5.82 Å². The molecule has 6 nitrogen and oxygen atoms in total. The van der Waals surface area contributed by atoms with Gasteiger partial charge in [0.15, 0.2) is 0 Å². The molecule has 174 valence electrons. The number of ether oxygens (including phenoxy) is 2. The monoisotopic (exact) mass is 459 g/mol. The Morgan fingerprint density at radius 2 is 1.94 bits per heavy atom. The predicted octanol–water partition coefficient (Wildman–Crippen LogP) is 5.89. The van der Waals surface area contributed by atoms with E-state index < -0.39 is 6.04 Å². The largest absolute Gasteiger partial charge is 0.497 e. The topological polar surface area (TPSA) is 66.6 Å². The van der Waals surface area contributed by atoms with Gasteiger partial charge >= 0.3 is 6.03 Å². The fraction of sp³-hybridized carbons (Fsp3) is 0.222. The van der Waals surface area contributed by atoms with E-state index in [-0.39, 0.29) is 11.8 Å². The summed E-state index contributed by atoms with van der Waals surface area (Å²) < 4.78 is 24.8. The van der Waals surface area contributed by atoms with Crippen LogP contribution in [0.3, 0.4) is 0 Å². The van der Waals surface area contributed by atoms with Crippen LogP contribution in [0.15, 0.2) is 66.7 Å². The van der Waals surface area contributed by atoms with Gasteiger partial charge in [0.05, 0.1) is 25.4 Å². The molecule has 5 rings (SSSR count). The molecule has 0 saturated carbocycles. The lowest BCUT2D eigenvalue weighted by atomic mass is 9.92. The molecule has 2 amide bonds. The van der Waals surface area contributed by atoms with Crippen LogP contribution in [0.2, 0.25) is 0 Å². The molecule has 3 aromatic carbocycles. The molecule has 0 saturated heterocycles. The van der Waals surface area contributed by atoms with Gasteiger partial charge in [-0.1, -0.05) is 24.3 Å². The maximum absolute atomic E-state index is 13.7.